The van der Waals surface area contributed by atoms with E-state index in [9.17, 15) is 17.6 Å². The predicted octanol–water partition coefficient (Wildman–Crippen LogP) is 4.39. The highest BCUT2D eigenvalue weighted by atomic mass is 35.5. The molecule has 2 heterocycles. The Bertz CT molecular complexity index is 1330. The molecule has 0 bridgehead atoms. The number of fused-ring (bicyclic) bond motifs is 1. The maximum atomic E-state index is 13.0. The Balaban J connectivity index is 1.65. The lowest BCUT2D eigenvalue weighted by atomic mass is 10.0. The van der Waals surface area contributed by atoms with E-state index in [1.807, 2.05) is 0 Å². The van der Waals surface area contributed by atoms with E-state index < -0.39 is 15.8 Å². The molecule has 0 saturated carbocycles. The van der Waals surface area contributed by atoms with Crippen molar-refractivity contribution in [1.82, 2.24) is 9.97 Å². The van der Waals surface area contributed by atoms with Crippen molar-refractivity contribution in [3.63, 3.8) is 0 Å². The van der Waals surface area contributed by atoms with E-state index in [0.29, 0.717) is 21.6 Å². The summed E-state index contributed by atoms with van der Waals surface area (Å²) in [5.74, 6) is -0.854. The van der Waals surface area contributed by atoms with Crippen LogP contribution in [-0.2, 0) is 10.0 Å². The van der Waals surface area contributed by atoms with Gasteiger partial charge in [0.05, 0.1) is 9.92 Å². The van der Waals surface area contributed by atoms with Gasteiger partial charge in [0.25, 0.3) is 10.0 Å². The molecule has 146 valence electrons. The molecule has 0 amide bonds. The van der Waals surface area contributed by atoms with E-state index >= 15 is 0 Å². The van der Waals surface area contributed by atoms with Crippen molar-refractivity contribution in [2.24, 2.45) is 0 Å². The first-order chi connectivity index (χ1) is 13.8. The zero-order valence-electron chi connectivity index (χ0n) is 14.7. The van der Waals surface area contributed by atoms with Crippen molar-refractivity contribution in [1.29, 1.82) is 0 Å². The molecular formula is C20H13ClFN3O3S. The Morgan fingerprint density at radius 2 is 1.86 bits per heavy atom. The van der Waals surface area contributed by atoms with Crippen molar-refractivity contribution >= 4 is 44.1 Å². The first-order valence-corrected chi connectivity index (χ1v) is 10.3. The zero-order chi connectivity index (χ0) is 20.6. The normalized spacial score (nSPS) is 11.5. The molecule has 0 radical (unpaired) electrons. The molecule has 0 unspecified atom stereocenters. The summed E-state index contributed by atoms with van der Waals surface area (Å²) in [6.45, 7) is 0. The molecule has 0 aliphatic rings. The molecule has 0 saturated heterocycles. The van der Waals surface area contributed by atoms with Gasteiger partial charge in [-0.1, -0.05) is 23.7 Å². The number of nitrogens with one attached hydrogen (secondary N) is 2. The van der Waals surface area contributed by atoms with Gasteiger partial charge in [-0.25, -0.2) is 17.8 Å². The number of aromatic amines is 1. The Hall–Kier alpha value is -3.23. The topological polar surface area (TPSA) is 91.9 Å². The number of anilines is 1. The van der Waals surface area contributed by atoms with Gasteiger partial charge < -0.3 is 4.98 Å². The quantitative estimate of drug-likeness (QED) is 0.460. The van der Waals surface area contributed by atoms with Gasteiger partial charge in [0, 0.05) is 34.6 Å². The van der Waals surface area contributed by atoms with Crippen LogP contribution in [0.1, 0.15) is 15.9 Å². The van der Waals surface area contributed by atoms with Gasteiger partial charge in [-0.3, -0.25) is 9.52 Å². The van der Waals surface area contributed by atoms with Gasteiger partial charge in [-0.2, -0.15) is 0 Å². The van der Waals surface area contributed by atoms with Crippen LogP contribution in [0.5, 0.6) is 0 Å². The molecule has 4 aromatic rings. The summed E-state index contributed by atoms with van der Waals surface area (Å²) in [6, 6.07) is 12.2. The minimum absolute atomic E-state index is 0.0898. The van der Waals surface area contributed by atoms with E-state index in [1.54, 1.807) is 18.2 Å². The summed E-state index contributed by atoms with van der Waals surface area (Å²) < 4.78 is 40.4. The van der Waals surface area contributed by atoms with Crippen LogP contribution in [-0.4, -0.2) is 24.2 Å². The van der Waals surface area contributed by atoms with Crippen LogP contribution in [0.25, 0.3) is 11.0 Å². The number of sulfonamides is 1. The predicted molar refractivity (Wildman–Crippen MR) is 108 cm³/mol. The molecule has 2 N–H and O–H groups in total. The maximum Gasteiger partial charge on any atom is 0.261 e. The molecule has 6 nitrogen and oxygen atoms in total. The van der Waals surface area contributed by atoms with Gasteiger partial charge in [0.15, 0.2) is 5.78 Å². The van der Waals surface area contributed by atoms with Crippen molar-refractivity contribution in [3.05, 3.63) is 89.0 Å². The molecule has 4 rings (SSSR count). The SMILES string of the molecule is O=C(c1cccc(NS(=O)(=O)c2ccc(F)cc2)c1)c1c[nH]c2ncc(Cl)cc12. The highest BCUT2D eigenvalue weighted by Crippen LogP contribution is 2.24. The Morgan fingerprint density at radius 3 is 2.62 bits per heavy atom. The Morgan fingerprint density at radius 1 is 1.10 bits per heavy atom. The average Bonchev–Trinajstić information content (AvgIpc) is 3.10. The smallest absolute Gasteiger partial charge is 0.261 e. The first kappa shape index (κ1) is 19.1. The van der Waals surface area contributed by atoms with Crippen LogP contribution in [0.15, 0.2) is 71.9 Å². The van der Waals surface area contributed by atoms with E-state index in [1.165, 1.54) is 24.5 Å². The monoisotopic (exact) mass is 429 g/mol. The zero-order valence-corrected chi connectivity index (χ0v) is 16.3. The number of carbonyl (C=O) groups excluding carboxylic acids is 1. The molecule has 2 aromatic heterocycles. The minimum Gasteiger partial charge on any atom is -0.345 e. The summed E-state index contributed by atoms with van der Waals surface area (Å²) in [5.41, 5.74) is 1.38. The second kappa shape index (κ2) is 7.31. The first-order valence-electron chi connectivity index (χ1n) is 8.39. The lowest BCUT2D eigenvalue weighted by molar-refractivity contribution is 0.104. The summed E-state index contributed by atoms with van der Waals surface area (Å²) >= 11 is 5.98. The van der Waals surface area contributed by atoms with Gasteiger partial charge in [0.2, 0.25) is 0 Å². The van der Waals surface area contributed by atoms with Crippen molar-refractivity contribution in [2.75, 3.05) is 4.72 Å². The third kappa shape index (κ3) is 3.85. The Kier molecular flexibility index (Phi) is 4.81. The average molecular weight is 430 g/mol. The Labute approximate surface area is 170 Å². The molecule has 2 aromatic carbocycles. The highest BCUT2D eigenvalue weighted by Gasteiger charge is 2.18. The third-order valence-corrected chi connectivity index (χ3v) is 5.85. The second-order valence-electron chi connectivity index (χ2n) is 6.22. The van der Waals surface area contributed by atoms with Crippen LogP contribution < -0.4 is 4.72 Å². The van der Waals surface area contributed by atoms with Gasteiger partial charge in [0.1, 0.15) is 11.5 Å². The number of benzene rings is 2. The summed E-state index contributed by atoms with van der Waals surface area (Å²) in [7, 11) is -3.93. The summed E-state index contributed by atoms with van der Waals surface area (Å²) in [6.07, 6.45) is 3.01. The second-order valence-corrected chi connectivity index (χ2v) is 8.34. The van der Waals surface area contributed by atoms with Crippen molar-refractivity contribution < 1.29 is 17.6 Å². The summed E-state index contributed by atoms with van der Waals surface area (Å²) in [5, 5.41) is 0.965. The van der Waals surface area contributed by atoms with Crippen molar-refractivity contribution in [3.8, 4) is 0 Å². The van der Waals surface area contributed by atoms with E-state index in [0.717, 1.165) is 24.3 Å². The molecule has 29 heavy (non-hydrogen) atoms. The molecule has 0 spiro atoms. The van der Waals surface area contributed by atoms with E-state index in [2.05, 4.69) is 14.7 Å². The fourth-order valence-corrected chi connectivity index (χ4v) is 4.08. The lowest BCUT2D eigenvalue weighted by Crippen LogP contribution is -2.13. The van der Waals surface area contributed by atoms with Crippen LogP contribution >= 0.6 is 11.6 Å². The fraction of sp³-hybridized carbons (Fsp3) is 0. The lowest BCUT2D eigenvalue weighted by Gasteiger charge is -2.09. The maximum absolute atomic E-state index is 13.0. The number of hydrogen-bond acceptors (Lipinski definition) is 4. The highest BCUT2D eigenvalue weighted by molar-refractivity contribution is 7.92. The number of pyridine rings is 1. The number of H-pyrrole nitrogens is 1. The summed E-state index contributed by atoms with van der Waals surface area (Å²) in [4.78, 5) is 19.9. The molecule has 0 aliphatic heterocycles. The molecule has 0 aliphatic carbocycles. The minimum atomic E-state index is -3.93. The third-order valence-electron chi connectivity index (χ3n) is 4.24. The molecular weight excluding hydrogens is 417 g/mol. The van der Waals surface area contributed by atoms with Crippen LogP contribution in [0.2, 0.25) is 5.02 Å². The number of nitrogens with zero attached hydrogens (tertiary/aromatic N) is 1. The van der Waals surface area contributed by atoms with Gasteiger partial charge in [-0.05, 0) is 42.5 Å². The standard InChI is InChI=1S/C20H13ClFN3O3S/c21-13-9-17-18(11-24-20(17)23-10-13)19(26)12-2-1-3-15(8-12)25-29(27,28)16-6-4-14(22)5-7-16/h1-11,25H,(H,23,24). The van der Waals surface area contributed by atoms with Crippen molar-refractivity contribution in [2.45, 2.75) is 4.90 Å². The molecule has 9 heteroatoms. The number of rotatable bonds is 5. The van der Waals surface area contributed by atoms with Crippen LogP contribution in [0.3, 0.4) is 0 Å². The largest absolute Gasteiger partial charge is 0.345 e. The van der Waals surface area contributed by atoms with E-state index in [4.69, 9.17) is 11.6 Å². The fourth-order valence-electron chi connectivity index (χ4n) is 2.87. The van der Waals surface area contributed by atoms with Crippen LogP contribution in [0, 0.1) is 5.82 Å². The number of hydrogen-bond donors (Lipinski definition) is 2. The molecule has 0 fully saturated rings. The van der Waals surface area contributed by atoms with Gasteiger partial charge >= 0.3 is 0 Å². The van der Waals surface area contributed by atoms with Gasteiger partial charge in [-0.15, -0.1) is 0 Å². The number of ketones is 1. The van der Waals surface area contributed by atoms with E-state index in [-0.39, 0.29) is 21.9 Å². The molecule has 0 atom stereocenters. The number of carbonyl (C=O) groups is 1. The number of halogens is 2. The van der Waals surface area contributed by atoms with Crippen LogP contribution in [0.4, 0.5) is 10.1 Å². The number of aromatic nitrogens is 2.